The number of hydrogen-bond acceptors (Lipinski definition) is 3. The molecule has 0 unspecified atom stereocenters. The topological polar surface area (TPSA) is 51.2 Å². The van der Waals surface area contributed by atoms with Crippen LogP contribution in [0.3, 0.4) is 0 Å². The molecule has 0 saturated heterocycles. The van der Waals surface area contributed by atoms with Crippen molar-refractivity contribution in [3.63, 3.8) is 0 Å². The van der Waals surface area contributed by atoms with Gasteiger partial charge in [-0.2, -0.15) is 0 Å². The van der Waals surface area contributed by atoms with E-state index >= 15 is 0 Å². The zero-order valence-corrected chi connectivity index (χ0v) is 12.3. The monoisotopic (exact) mass is 338 g/mol. The van der Waals surface area contributed by atoms with Gasteiger partial charge in [0, 0.05) is 10.0 Å². The van der Waals surface area contributed by atoms with Gasteiger partial charge in [0.15, 0.2) is 15.6 Å². The molecule has 0 atom stereocenters. The Hall–Kier alpha value is -1.46. The van der Waals surface area contributed by atoms with Crippen LogP contribution in [0.5, 0.6) is 0 Å². The lowest BCUT2D eigenvalue weighted by Gasteiger charge is -2.04. The highest BCUT2D eigenvalue weighted by molar-refractivity contribution is 9.10. The van der Waals surface area contributed by atoms with Crippen LogP contribution >= 0.6 is 15.9 Å². The van der Waals surface area contributed by atoms with Crippen molar-refractivity contribution in [2.24, 2.45) is 0 Å². The SMILES string of the molecule is O=C(CS(=O)(=O)c1ccccc1)c1ccc(Br)cc1. The maximum Gasteiger partial charge on any atom is 0.185 e. The Balaban J connectivity index is 2.22. The lowest BCUT2D eigenvalue weighted by molar-refractivity contribution is 0.102. The average Bonchev–Trinajstić information content (AvgIpc) is 2.40. The van der Waals surface area contributed by atoms with Crippen molar-refractivity contribution in [2.45, 2.75) is 4.90 Å². The van der Waals surface area contributed by atoms with Crippen LogP contribution in [0.15, 0.2) is 64.0 Å². The summed E-state index contributed by atoms with van der Waals surface area (Å²) >= 11 is 3.26. The normalized spacial score (nSPS) is 11.2. The van der Waals surface area contributed by atoms with Crippen LogP contribution in [0.4, 0.5) is 0 Å². The summed E-state index contributed by atoms with van der Waals surface area (Å²) in [5, 5.41) is 0. The summed E-state index contributed by atoms with van der Waals surface area (Å²) in [5.74, 6) is -0.921. The summed E-state index contributed by atoms with van der Waals surface area (Å²) in [6, 6.07) is 14.6. The molecule has 5 heteroatoms. The second kappa shape index (κ2) is 5.67. The van der Waals surface area contributed by atoms with Gasteiger partial charge in [0.25, 0.3) is 0 Å². The molecule has 0 aliphatic rings. The van der Waals surface area contributed by atoms with Gasteiger partial charge in [0.05, 0.1) is 4.90 Å². The summed E-state index contributed by atoms with van der Waals surface area (Å²) < 4.78 is 24.9. The summed E-state index contributed by atoms with van der Waals surface area (Å²) in [6.45, 7) is 0. The van der Waals surface area contributed by atoms with Crippen molar-refractivity contribution in [1.29, 1.82) is 0 Å². The molecule has 0 N–H and O–H groups in total. The largest absolute Gasteiger partial charge is 0.293 e. The lowest BCUT2D eigenvalue weighted by atomic mass is 10.2. The highest BCUT2D eigenvalue weighted by atomic mass is 79.9. The van der Waals surface area contributed by atoms with Crippen molar-refractivity contribution < 1.29 is 13.2 Å². The second-order valence-electron chi connectivity index (χ2n) is 4.00. The molecule has 0 aliphatic carbocycles. The molecule has 2 rings (SSSR count). The first kappa shape index (κ1) is 14.0. The van der Waals surface area contributed by atoms with Crippen molar-refractivity contribution >= 4 is 31.6 Å². The number of ketones is 1. The van der Waals surface area contributed by atoms with Gasteiger partial charge >= 0.3 is 0 Å². The van der Waals surface area contributed by atoms with Gasteiger partial charge in [-0.3, -0.25) is 4.79 Å². The fraction of sp³-hybridized carbons (Fsp3) is 0.0714. The zero-order chi connectivity index (χ0) is 13.9. The van der Waals surface area contributed by atoms with Gasteiger partial charge in [0.2, 0.25) is 0 Å². The molecule has 0 fully saturated rings. The maximum atomic E-state index is 12.1. The number of rotatable bonds is 4. The number of hydrogen-bond donors (Lipinski definition) is 0. The summed E-state index contributed by atoms with van der Waals surface area (Å²) in [4.78, 5) is 12.1. The zero-order valence-electron chi connectivity index (χ0n) is 9.91. The highest BCUT2D eigenvalue weighted by Crippen LogP contribution is 2.15. The first-order chi connectivity index (χ1) is 8.99. The molecule has 0 bridgehead atoms. The van der Waals surface area contributed by atoms with Gasteiger partial charge in [-0.05, 0) is 24.3 Å². The number of carbonyl (C=O) groups is 1. The minimum atomic E-state index is -3.58. The van der Waals surface area contributed by atoms with E-state index in [0.717, 1.165) is 4.47 Å². The van der Waals surface area contributed by atoms with E-state index < -0.39 is 21.4 Å². The Morgan fingerprint density at radius 1 is 0.947 bits per heavy atom. The Morgan fingerprint density at radius 3 is 2.11 bits per heavy atom. The van der Waals surface area contributed by atoms with Crippen LogP contribution < -0.4 is 0 Å². The van der Waals surface area contributed by atoms with Crippen molar-refractivity contribution in [2.75, 3.05) is 5.75 Å². The standard InChI is InChI=1S/C14H11BrO3S/c15-12-8-6-11(7-9-12)14(16)10-19(17,18)13-4-2-1-3-5-13/h1-9H,10H2. The average molecular weight is 339 g/mol. The molecule has 0 saturated carbocycles. The number of halogens is 1. The Bertz CT molecular complexity index is 676. The summed E-state index contributed by atoms with van der Waals surface area (Å²) in [5.41, 5.74) is 0.391. The van der Waals surface area contributed by atoms with E-state index in [1.54, 1.807) is 42.5 Å². The quantitative estimate of drug-likeness (QED) is 0.805. The van der Waals surface area contributed by atoms with E-state index in [0.29, 0.717) is 5.56 Å². The first-order valence-corrected chi connectivity index (χ1v) is 8.00. The second-order valence-corrected chi connectivity index (χ2v) is 6.91. The van der Waals surface area contributed by atoms with Gasteiger partial charge in [-0.25, -0.2) is 8.42 Å². The van der Waals surface area contributed by atoms with E-state index in [4.69, 9.17) is 0 Å². The van der Waals surface area contributed by atoms with Gasteiger partial charge in [-0.1, -0.05) is 46.3 Å². The number of carbonyl (C=O) groups excluding carboxylic acids is 1. The van der Waals surface area contributed by atoms with Gasteiger partial charge < -0.3 is 0 Å². The van der Waals surface area contributed by atoms with Crippen molar-refractivity contribution in [3.05, 3.63) is 64.6 Å². The van der Waals surface area contributed by atoms with E-state index in [2.05, 4.69) is 15.9 Å². The third-order valence-electron chi connectivity index (χ3n) is 2.59. The molecule has 0 aliphatic heterocycles. The van der Waals surface area contributed by atoms with Crippen LogP contribution in [-0.2, 0) is 9.84 Å². The van der Waals surface area contributed by atoms with E-state index in [-0.39, 0.29) is 4.90 Å². The molecule has 0 amide bonds. The van der Waals surface area contributed by atoms with Crippen LogP contribution in [0.2, 0.25) is 0 Å². The molecule has 2 aromatic carbocycles. The van der Waals surface area contributed by atoms with Gasteiger partial charge in [-0.15, -0.1) is 0 Å². The maximum absolute atomic E-state index is 12.1. The van der Waals surface area contributed by atoms with Crippen molar-refractivity contribution in [3.8, 4) is 0 Å². The van der Waals surface area contributed by atoms with E-state index in [9.17, 15) is 13.2 Å². The smallest absolute Gasteiger partial charge is 0.185 e. The molecule has 19 heavy (non-hydrogen) atoms. The van der Waals surface area contributed by atoms with E-state index in [1.165, 1.54) is 12.1 Å². The van der Waals surface area contributed by atoms with Crippen molar-refractivity contribution in [1.82, 2.24) is 0 Å². The fourth-order valence-corrected chi connectivity index (χ4v) is 3.12. The predicted molar refractivity (Wildman–Crippen MR) is 77.0 cm³/mol. The number of sulfone groups is 1. The molecule has 0 radical (unpaired) electrons. The number of Topliss-reactive ketones (excluding diaryl/α,β-unsaturated/α-hetero) is 1. The van der Waals surface area contributed by atoms with Crippen LogP contribution in [0.1, 0.15) is 10.4 Å². The fourth-order valence-electron chi connectivity index (χ4n) is 1.60. The summed E-state index contributed by atoms with van der Waals surface area (Å²) in [6.07, 6.45) is 0. The predicted octanol–water partition coefficient (Wildman–Crippen LogP) is 3.11. The third kappa shape index (κ3) is 3.52. The Labute approximate surface area is 120 Å². The van der Waals surface area contributed by atoms with Crippen LogP contribution in [0.25, 0.3) is 0 Å². The molecule has 98 valence electrons. The first-order valence-electron chi connectivity index (χ1n) is 5.55. The van der Waals surface area contributed by atoms with Crippen LogP contribution in [-0.4, -0.2) is 20.0 Å². The van der Waals surface area contributed by atoms with Crippen LogP contribution in [0, 0.1) is 0 Å². The Morgan fingerprint density at radius 2 is 1.53 bits per heavy atom. The molecule has 0 aromatic heterocycles. The minimum absolute atomic E-state index is 0.167. The third-order valence-corrected chi connectivity index (χ3v) is 4.75. The molecular weight excluding hydrogens is 328 g/mol. The molecule has 2 aromatic rings. The number of benzene rings is 2. The molecular formula is C14H11BrO3S. The minimum Gasteiger partial charge on any atom is -0.293 e. The van der Waals surface area contributed by atoms with Gasteiger partial charge in [0.1, 0.15) is 5.75 Å². The lowest BCUT2D eigenvalue weighted by Crippen LogP contribution is -2.16. The molecule has 3 nitrogen and oxygen atoms in total. The Kier molecular flexibility index (Phi) is 4.17. The van der Waals surface area contributed by atoms with E-state index in [1.807, 2.05) is 0 Å². The summed E-state index contributed by atoms with van der Waals surface area (Å²) in [7, 11) is -3.58. The molecule has 0 heterocycles. The highest BCUT2D eigenvalue weighted by Gasteiger charge is 2.19. The molecule has 0 spiro atoms.